The molecule has 2 aromatic rings. The first-order valence-electron chi connectivity index (χ1n) is 7.40. The lowest BCUT2D eigenvalue weighted by Gasteiger charge is -2.15. The standard InChI is InChI=1S/C18H15NO6/c1-10-14(23-2)8-11(9-15(10)24-3)18(22)25-19-16(20)12-6-4-5-7-13(12)17(19)21/h4-9H,1-3H3. The number of carbonyl (C=O) groups excluding carboxylic acids is 3. The van der Waals surface area contributed by atoms with E-state index in [4.69, 9.17) is 14.3 Å². The molecule has 2 amide bonds. The highest BCUT2D eigenvalue weighted by molar-refractivity contribution is 6.21. The lowest BCUT2D eigenvalue weighted by molar-refractivity contribution is -0.0584. The van der Waals surface area contributed by atoms with E-state index in [1.165, 1.54) is 38.5 Å². The van der Waals surface area contributed by atoms with Gasteiger partial charge in [0, 0.05) is 5.56 Å². The molecule has 0 aliphatic carbocycles. The third-order valence-corrected chi connectivity index (χ3v) is 3.92. The Morgan fingerprint density at radius 2 is 1.40 bits per heavy atom. The second-order valence-corrected chi connectivity index (χ2v) is 5.33. The zero-order valence-electron chi connectivity index (χ0n) is 13.9. The van der Waals surface area contributed by atoms with Crippen LogP contribution in [0, 0.1) is 6.92 Å². The van der Waals surface area contributed by atoms with Crippen LogP contribution in [0.2, 0.25) is 0 Å². The Hall–Kier alpha value is -3.35. The van der Waals surface area contributed by atoms with E-state index in [0.717, 1.165) is 0 Å². The van der Waals surface area contributed by atoms with Crippen molar-refractivity contribution in [3.8, 4) is 11.5 Å². The summed E-state index contributed by atoms with van der Waals surface area (Å²) in [6.45, 7) is 1.77. The molecule has 0 bridgehead atoms. The van der Waals surface area contributed by atoms with Crippen molar-refractivity contribution < 1.29 is 28.7 Å². The van der Waals surface area contributed by atoms with Crippen LogP contribution in [0.5, 0.6) is 11.5 Å². The molecule has 0 atom stereocenters. The van der Waals surface area contributed by atoms with Crippen molar-refractivity contribution in [2.45, 2.75) is 6.92 Å². The molecule has 128 valence electrons. The molecule has 1 aliphatic heterocycles. The fraction of sp³-hybridized carbons (Fsp3) is 0.167. The van der Waals surface area contributed by atoms with Gasteiger partial charge in [-0.2, -0.15) is 0 Å². The highest BCUT2D eigenvalue weighted by atomic mass is 16.7. The van der Waals surface area contributed by atoms with Crippen molar-refractivity contribution in [1.29, 1.82) is 0 Å². The molecule has 25 heavy (non-hydrogen) atoms. The van der Waals surface area contributed by atoms with Crippen molar-refractivity contribution in [2.24, 2.45) is 0 Å². The average Bonchev–Trinajstić information content (AvgIpc) is 2.87. The Morgan fingerprint density at radius 3 is 1.84 bits per heavy atom. The molecule has 0 radical (unpaired) electrons. The summed E-state index contributed by atoms with van der Waals surface area (Å²) >= 11 is 0. The maximum absolute atomic E-state index is 12.4. The Labute approximate surface area is 143 Å². The van der Waals surface area contributed by atoms with Crippen molar-refractivity contribution in [2.75, 3.05) is 14.2 Å². The molecule has 1 aliphatic rings. The first-order chi connectivity index (χ1) is 12.0. The van der Waals surface area contributed by atoms with Gasteiger partial charge >= 0.3 is 5.97 Å². The summed E-state index contributed by atoms with van der Waals surface area (Å²) in [5.41, 5.74) is 1.19. The second-order valence-electron chi connectivity index (χ2n) is 5.33. The molecule has 7 heteroatoms. The van der Waals surface area contributed by atoms with E-state index in [1.807, 2.05) is 0 Å². The average molecular weight is 341 g/mol. The smallest absolute Gasteiger partial charge is 0.364 e. The molecular formula is C18H15NO6. The quantitative estimate of drug-likeness (QED) is 0.794. The molecule has 3 rings (SSSR count). The summed E-state index contributed by atoms with van der Waals surface area (Å²) in [6, 6.07) is 9.18. The summed E-state index contributed by atoms with van der Waals surface area (Å²) in [5, 5.41) is 0.464. The number of rotatable bonds is 4. The molecule has 7 nitrogen and oxygen atoms in total. The fourth-order valence-electron chi connectivity index (χ4n) is 2.59. The number of hydroxylamine groups is 2. The normalized spacial score (nSPS) is 12.8. The van der Waals surface area contributed by atoms with Gasteiger partial charge in [0.25, 0.3) is 11.8 Å². The summed E-state index contributed by atoms with van der Waals surface area (Å²) in [7, 11) is 2.92. The van der Waals surface area contributed by atoms with E-state index in [2.05, 4.69) is 0 Å². The predicted octanol–water partition coefficient (Wildman–Crippen LogP) is 2.38. The number of hydrogen-bond donors (Lipinski definition) is 0. The van der Waals surface area contributed by atoms with Crippen LogP contribution in [0.3, 0.4) is 0 Å². The molecule has 0 spiro atoms. The number of fused-ring (bicyclic) bond motifs is 1. The SMILES string of the molecule is COc1cc(C(=O)ON2C(=O)c3ccccc3C2=O)cc(OC)c1C. The van der Waals surface area contributed by atoms with Gasteiger partial charge in [0.2, 0.25) is 0 Å². The Balaban J connectivity index is 1.89. The minimum atomic E-state index is -0.869. The summed E-state index contributed by atoms with van der Waals surface area (Å²) in [5.74, 6) is -1.38. The topological polar surface area (TPSA) is 82.1 Å². The summed E-state index contributed by atoms with van der Waals surface area (Å²) < 4.78 is 10.4. The number of imide groups is 1. The van der Waals surface area contributed by atoms with Crippen LogP contribution >= 0.6 is 0 Å². The largest absolute Gasteiger partial charge is 0.496 e. The van der Waals surface area contributed by atoms with Gasteiger partial charge in [0.15, 0.2) is 0 Å². The monoisotopic (exact) mass is 341 g/mol. The Bertz CT molecular complexity index is 829. The van der Waals surface area contributed by atoms with Gasteiger partial charge < -0.3 is 14.3 Å². The molecule has 0 saturated carbocycles. The van der Waals surface area contributed by atoms with Crippen molar-refractivity contribution in [1.82, 2.24) is 5.06 Å². The summed E-state index contributed by atoms with van der Waals surface area (Å²) in [6.07, 6.45) is 0. The predicted molar refractivity (Wildman–Crippen MR) is 86.6 cm³/mol. The molecule has 0 fully saturated rings. The van der Waals surface area contributed by atoms with Gasteiger partial charge in [-0.3, -0.25) is 9.59 Å². The maximum Gasteiger partial charge on any atom is 0.364 e. The third-order valence-electron chi connectivity index (χ3n) is 3.92. The highest BCUT2D eigenvalue weighted by Gasteiger charge is 2.38. The number of methoxy groups -OCH3 is 2. The zero-order chi connectivity index (χ0) is 18.1. The van der Waals surface area contributed by atoms with Crippen LogP contribution in [0.25, 0.3) is 0 Å². The van der Waals surface area contributed by atoms with Gasteiger partial charge in [0.1, 0.15) is 11.5 Å². The van der Waals surface area contributed by atoms with E-state index >= 15 is 0 Å². The lowest BCUT2D eigenvalue weighted by Crippen LogP contribution is -2.32. The van der Waals surface area contributed by atoms with Crippen LogP contribution in [0.4, 0.5) is 0 Å². The van der Waals surface area contributed by atoms with Crippen molar-refractivity contribution in [3.63, 3.8) is 0 Å². The van der Waals surface area contributed by atoms with Gasteiger partial charge in [-0.1, -0.05) is 17.2 Å². The number of nitrogens with zero attached hydrogens (tertiary/aromatic N) is 1. The van der Waals surface area contributed by atoms with Crippen LogP contribution in [-0.4, -0.2) is 37.1 Å². The molecule has 0 aromatic heterocycles. The van der Waals surface area contributed by atoms with Crippen LogP contribution in [0.15, 0.2) is 36.4 Å². The first kappa shape index (κ1) is 16.5. The minimum Gasteiger partial charge on any atom is -0.496 e. The van der Waals surface area contributed by atoms with Crippen LogP contribution in [-0.2, 0) is 4.84 Å². The Kier molecular flexibility index (Phi) is 4.14. The van der Waals surface area contributed by atoms with Crippen molar-refractivity contribution >= 4 is 17.8 Å². The fourth-order valence-corrected chi connectivity index (χ4v) is 2.59. The molecular weight excluding hydrogens is 326 g/mol. The van der Waals surface area contributed by atoms with Crippen LogP contribution in [0.1, 0.15) is 36.6 Å². The van der Waals surface area contributed by atoms with Gasteiger partial charge in [0.05, 0.1) is 30.9 Å². The third kappa shape index (κ3) is 2.69. The summed E-state index contributed by atoms with van der Waals surface area (Å²) in [4.78, 5) is 41.9. The molecule has 0 N–H and O–H groups in total. The highest BCUT2D eigenvalue weighted by Crippen LogP contribution is 2.30. The molecule has 1 heterocycles. The number of amides is 2. The first-order valence-corrected chi connectivity index (χ1v) is 7.40. The molecule has 0 saturated heterocycles. The number of ether oxygens (including phenoxy) is 2. The van der Waals surface area contributed by atoms with E-state index in [-0.39, 0.29) is 16.7 Å². The minimum absolute atomic E-state index is 0.0934. The van der Waals surface area contributed by atoms with Crippen LogP contribution < -0.4 is 9.47 Å². The zero-order valence-corrected chi connectivity index (χ0v) is 13.9. The van der Waals surface area contributed by atoms with Gasteiger partial charge in [-0.25, -0.2) is 4.79 Å². The van der Waals surface area contributed by atoms with E-state index in [9.17, 15) is 14.4 Å². The number of benzene rings is 2. The Morgan fingerprint density at radius 1 is 0.920 bits per heavy atom. The molecule has 0 unspecified atom stereocenters. The number of carbonyl (C=O) groups is 3. The van der Waals surface area contributed by atoms with Gasteiger partial charge in [-0.15, -0.1) is 0 Å². The maximum atomic E-state index is 12.4. The van der Waals surface area contributed by atoms with Crippen molar-refractivity contribution in [3.05, 3.63) is 58.7 Å². The van der Waals surface area contributed by atoms with E-state index in [1.54, 1.807) is 19.1 Å². The second kappa shape index (κ2) is 6.27. The number of hydrogen-bond acceptors (Lipinski definition) is 6. The lowest BCUT2D eigenvalue weighted by atomic mass is 10.1. The van der Waals surface area contributed by atoms with Gasteiger partial charge in [-0.05, 0) is 31.2 Å². The molecule has 2 aromatic carbocycles. The van der Waals surface area contributed by atoms with E-state index < -0.39 is 17.8 Å². The van der Waals surface area contributed by atoms with E-state index in [0.29, 0.717) is 22.1 Å².